The Morgan fingerprint density at radius 3 is 2.95 bits per heavy atom. The van der Waals surface area contributed by atoms with Gasteiger partial charge in [0.15, 0.2) is 5.75 Å². The highest BCUT2D eigenvalue weighted by Crippen LogP contribution is 2.27. The van der Waals surface area contributed by atoms with Gasteiger partial charge >= 0.3 is 5.69 Å². The van der Waals surface area contributed by atoms with E-state index in [0.717, 1.165) is 18.5 Å². The molecular formula is C14H20N2O4. The number of nitrogens with zero attached hydrogens (tertiary/aromatic N) is 1. The van der Waals surface area contributed by atoms with Crippen LogP contribution >= 0.6 is 0 Å². The second kappa shape index (κ2) is 7.21. The highest BCUT2D eigenvalue weighted by molar-refractivity contribution is 5.48. The molecule has 1 heterocycles. The summed E-state index contributed by atoms with van der Waals surface area (Å²) in [4.78, 5) is 10.5. The van der Waals surface area contributed by atoms with Gasteiger partial charge in [-0.2, -0.15) is 0 Å². The molecule has 20 heavy (non-hydrogen) atoms. The van der Waals surface area contributed by atoms with E-state index in [4.69, 9.17) is 9.47 Å². The van der Waals surface area contributed by atoms with Crippen LogP contribution < -0.4 is 10.1 Å². The molecule has 6 nitrogen and oxygen atoms in total. The first kappa shape index (κ1) is 14.7. The van der Waals surface area contributed by atoms with Crippen molar-refractivity contribution >= 4 is 5.69 Å². The minimum atomic E-state index is -0.439. The van der Waals surface area contributed by atoms with Crippen LogP contribution in [0.25, 0.3) is 0 Å². The lowest BCUT2D eigenvalue weighted by molar-refractivity contribution is -0.385. The predicted molar refractivity (Wildman–Crippen MR) is 74.9 cm³/mol. The maximum absolute atomic E-state index is 10.9. The third-order valence-corrected chi connectivity index (χ3v) is 3.44. The first-order valence-electron chi connectivity index (χ1n) is 6.83. The third-order valence-electron chi connectivity index (χ3n) is 3.44. The molecule has 0 aliphatic carbocycles. The number of nitro groups is 1. The van der Waals surface area contributed by atoms with E-state index in [1.807, 2.05) is 0 Å². The van der Waals surface area contributed by atoms with Crippen molar-refractivity contribution in [1.29, 1.82) is 0 Å². The van der Waals surface area contributed by atoms with E-state index >= 15 is 0 Å². The number of hydrogen-bond donors (Lipinski definition) is 1. The molecule has 0 aromatic heterocycles. The lowest BCUT2D eigenvalue weighted by Crippen LogP contribution is -2.37. The summed E-state index contributed by atoms with van der Waals surface area (Å²) in [7, 11) is 1.42. The molecule has 1 fully saturated rings. The van der Waals surface area contributed by atoms with E-state index in [1.54, 1.807) is 12.1 Å². The zero-order chi connectivity index (χ0) is 14.4. The van der Waals surface area contributed by atoms with Gasteiger partial charge in [0.05, 0.1) is 25.2 Å². The van der Waals surface area contributed by atoms with E-state index in [0.29, 0.717) is 19.3 Å². The van der Waals surface area contributed by atoms with Gasteiger partial charge < -0.3 is 14.8 Å². The van der Waals surface area contributed by atoms with Crippen LogP contribution in [0.4, 0.5) is 5.69 Å². The van der Waals surface area contributed by atoms with Gasteiger partial charge in [0.25, 0.3) is 0 Å². The van der Waals surface area contributed by atoms with E-state index < -0.39 is 4.92 Å². The summed E-state index contributed by atoms with van der Waals surface area (Å²) in [5, 5.41) is 14.3. The number of piperidine rings is 1. The number of nitro benzene ring substituents is 1. The summed E-state index contributed by atoms with van der Waals surface area (Å²) in [5.41, 5.74) is 0.762. The molecule has 1 unspecified atom stereocenters. The Hall–Kier alpha value is -1.66. The fourth-order valence-corrected chi connectivity index (χ4v) is 2.35. The Balaban J connectivity index is 1.89. The van der Waals surface area contributed by atoms with Crippen molar-refractivity contribution < 1.29 is 14.4 Å². The second-order valence-corrected chi connectivity index (χ2v) is 4.93. The smallest absolute Gasteiger partial charge is 0.311 e. The Morgan fingerprint density at radius 1 is 1.45 bits per heavy atom. The largest absolute Gasteiger partial charge is 0.490 e. The van der Waals surface area contributed by atoms with Crippen LogP contribution in [-0.4, -0.2) is 31.2 Å². The van der Waals surface area contributed by atoms with Crippen molar-refractivity contribution in [2.24, 2.45) is 0 Å². The van der Waals surface area contributed by atoms with Gasteiger partial charge in [-0.15, -0.1) is 0 Å². The van der Waals surface area contributed by atoms with Crippen LogP contribution in [0.3, 0.4) is 0 Å². The topological polar surface area (TPSA) is 73.6 Å². The minimum absolute atomic E-state index is 0.0237. The first-order chi connectivity index (χ1) is 9.70. The molecule has 1 atom stereocenters. The van der Waals surface area contributed by atoms with Crippen molar-refractivity contribution in [2.45, 2.75) is 31.9 Å². The average Bonchev–Trinajstić information content (AvgIpc) is 2.48. The van der Waals surface area contributed by atoms with Crippen LogP contribution in [0, 0.1) is 10.1 Å². The lowest BCUT2D eigenvalue weighted by atomic mass is 10.1. The zero-order valence-electron chi connectivity index (χ0n) is 11.6. The standard InChI is InChI=1S/C14H20N2O4/c1-19-14-6-5-11(8-13(14)16(17)18)9-20-10-12-4-2-3-7-15-12/h5-6,8,12,15H,2-4,7,9-10H2,1H3. The average molecular weight is 280 g/mol. The molecule has 1 aromatic rings. The second-order valence-electron chi connectivity index (χ2n) is 4.93. The molecule has 6 heteroatoms. The molecule has 2 rings (SSSR count). The van der Waals surface area contributed by atoms with Crippen LogP contribution in [0.1, 0.15) is 24.8 Å². The van der Waals surface area contributed by atoms with Gasteiger partial charge in [-0.3, -0.25) is 10.1 Å². The van der Waals surface area contributed by atoms with Crippen LogP contribution in [0.5, 0.6) is 5.75 Å². The summed E-state index contributed by atoms with van der Waals surface area (Å²) in [6, 6.07) is 5.31. The quantitative estimate of drug-likeness (QED) is 0.639. The van der Waals surface area contributed by atoms with Crippen molar-refractivity contribution in [1.82, 2.24) is 5.32 Å². The monoisotopic (exact) mass is 280 g/mol. The summed E-state index contributed by atoms with van der Waals surface area (Å²) >= 11 is 0. The van der Waals surface area contributed by atoms with E-state index in [-0.39, 0.29) is 11.4 Å². The van der Waals surface area contributed by atoms with Gasteiger partial charge in [-0.05, 0) is 31.0 Å². The fraction of sp³-hybridized carbons (Fsp3) is 0.571. The van der Waals surface area contributed by atoms with E-state index in [9.17, 15) is 10.1 Å². The highest BCUT2D eigenvalue weighted by Gasteiger charge is 2.16. The predicted octanol–water partition coefficient (Wildman–Crippen LogP) is 2.26. The van der Waals surface area contributed by atoms with Gasteiger partial charge in [0.2, 0.25) is 0 Å². The number of rotatable bonds is 6. The van der Waals surface area contributed by atoms with Crippen LogP contribution in [0.15, 0.2) is 18.2 Å². The van der Waals surface area contributed by atoms with Crippen molar-refractivity contribution in [3.05, 3.63) is 33.9 Å². The summed E-state index contributed by atoms with van der Waals surface area (Å²) in [5.74, 6) is 0.271. The van der Waals surface area contributed by atoms with Crippen LogP contribution in [0.2, 0.25) is 0 Å². The molecule has 1 aliphatic heterocycles. The summed E-state index contributed by atoms with van der Waals surface area (Å²) in [6.07, 6.45) is 3.58. The maximum Gasteiger partial charge on any atom is 0.311 e. The molecular weight excluding hydrogens is 260 g/mol. The minimum Gasteiger partial charge on any atom is -0.490 e. The molecule has 110 valence electrons. The van der Waals surface area contributed by atoms with Crippen molar-refractivity contribution in [3.8, 4) is 5.75 Å². The number of methoxy groups -OCH3 is 1. The van der Waals surface area contributed by atoms with Gasteiger partial charge in [-0.25, -0.2) is 0 Å². The van der Waals surface area contributed by atoms with Gasteiger partial charge in [-0.1, -0.05) is 12.5 Å². The maximum atomic E-state index is 10.9. The number of hydrogen-bond acceptors (Lipinski definition) is 5. The molecule has 0 bridgehead atoms. The number of nitrogens with one attached hydrogen (secondary N) is 1. The molecule has 1 aliphatic rings. The zero-order valence-corrected chi connectivity index (χ0v) is 11.6. The highest BCUT2D eigenvalue weighted by atomic mass is 16.6. The van der Waals surface area contributed by atoms with Gasteiger partial charge in [0, 0.05) is 12.1 Å². The summed E-state index contributed by atoms with van der Waals surface area (Å²) in [6.45, 7) is 2.06. The summed E-state index contributed by atoms with van der Waals surface area (Å²) < 4.78 is 10.6. The normalized spacial score (nSPS) is 18.8. The molecule has 1 N–H and O–H groups in total. The van der Waals surface area contributed by atoms with E-state index in [2.05, 4.69) is 5.32 Å². The molecule has 0 radical (unpaired) electrons. The fourth-order valence-electron chi connectivity index (χ4n) is 2.35. The van der Waals surface area contributed by atoms with Crippen molar-refractivity contribution in [2.75, 3.05) is 20.3 Å². The number of ether oxygens (including phenoxy) is 2. The van der Waals surface area contributed by atoms with Gasteiger partial charge in [0.1, 0.15) is 0 Å². The molecule has 0 spiro atoms. The molecule has 1 saturated heterocycles. The lowest BCUT2D eigenvalue weighted by Gasteiger charge is -2.23. The molecule has 0 saturated carbocycles. The third kappa shape index (κ3) is 3.91. The Bertz CT molecular complexity index is 458. The SMILES string of the molecule is COc1ccc(COCC2CCCCN2)cc1[N+](=O)[O-]. The van der Waals surface area contributed by atoms with Crippen LogP contribution in [-0.2, 0) is 11.3 Å². The van der Waals surface area contributed by atoms with Crippen molar-refractivity contribution in [3.63, 3.8) is 0 Å². The van der Waals surface area contributed by atoms with E-state index in [1.165, 1.54) is 26.0 Å². The first-order valence-corrected chi connectivity index (χ1v) is 6.83. The molecule has 1 aromatic carbocycles. The number of benzene rings is 1. The molecule has 0 amide bonds. The Kier molecular flexibility index (Phi) is 5.31. The Labute approximate surface area is 118 Å². The Morgan fingerprint density at radius 2 is 2.30 bits per heavy atom.